The molecule has 3 aliphatic rings. The van der Waals surface area contributed by atoms with Gasteiger partial charge in [-0.3, -0.25) is 9.59 Å². The summed E-state index contributed by atoms with van der Waals surface area (Å²) in [5.41, 5.74) is 2.95. The first-order chi connectivity index (χ1) is 13.7. The smallest absolute Gasteiger partial charge is 0.148 e. The highest BCUT2D eigenvalue weighted by Gasteiger charge is 2.57. The molecule has 1 saturated carbocycles. The van der Waals surface area contributed by atoms with Gasteiger partial charge in [-0.15, -0.1) is 0 Å². The first-order valence-electron chi connectivity index (χ1n) is 10.6. The number of hydrogen-bond donors (Lipinski definition) is 0. The Bertz CT molecular complexity index is 888. The van der Waals surface area contributed by atoms with Gasteiger partial charge in [0.05, 0.1) is 0 Å². The second kappa shape index (κ2) is 6.88. The topological polar surface area (TPSA) is 37.4 Å². The van der Waals surface area contributed by atoms with Crippen molar-refractivity contribution in [3.8, 4) is 0 Å². The zero-order valence-corrected chi connectivity index (χ0v) is 16.3. The number of benzene rings is 2. The van der Waals surface area contributed by atoms with Crippen LogP contribution in [0.2, 0.25) is 0 Å². The molecular formula is C25H27NO2. The fourth-order valence-corrected chi connectivity index (χ4v) is 5.87. The third kappa shape index (κ3) is 2.71. The first kappa shape index (κ1) is 17.7. The van der Waals surface area contributed by atoms with Crippen molar-refractivity contribution in [3.05, 3.63) is 65.7 Å². The summed E-state index contributed by atoms with van der Waals surface area (Å²) in [6.07, 6.45) is 5.51. The van der Waals surface area contributed by atoms with Gasteiger partial charge in [-0.2, -0.15) is 0 Å². The molecule has 5 rings (SSSR count). The number of fused-ring (bicyclic) bond motifs is 4. The van der Waals surface area contributed by atoms with Crippen LogP contribution in [0.5, 0.6) is 0 Å². The Labute approximate surface area is 166 Å². The van der Waals surface area contributed by atoms with Gasteiger partial charge >= 0.3 is 0 Å². The highest BCUT2D eigenvalue weighted by Crippen LogP contribution is 2.50. The number of carbonyl (C=O) groups is 2. The number of carbonyl (C=O) groups excluding carboxylic acids is 2. The van der Waals surface area contributed by atoms with Gasteiger partial charge < -0.3 is 4.90 Å². The summed E-state index contributed by atoms with van der Waals surface area (Å²) in [5, 5.41) is 0. The summed E-state index contributed by atoms with van der Waals surface area (Å²) in [7, 11) is 0. The highest BCUT2D eigenvalue weighted by atomic mass is 16.2. The standard InChI is InChI=1S/C25H27NO2/c27-23-11-6-12-24(28)25(23)17-20-9-4-5-10-21(20)26-14-13-19(16-22(25)26)15-18-7-2-1-3-8-18/h1-5,7-10,19,22H,6,11-17H2/t19-,22-/m0/s1. The molecule has 2 heterocycles. The van der Waals surface area contributed by atoms with Gasteiger partial charge in [0.25, 0.3) is 0 Å². The van der Waals surface area contributed by atoms with Gasteiger partial charge in [-0.05, 0) is 55.2 Å². The molecule has 1 spiro atoms. The Kier molecular flexibility index (Phi) is 4.34. The molecule has 28 heavy (non-hydrogen) atoms. The number of nitrogens with zero attached hydrogens (tertiary/aromatic N) is 1. The van der Waals surface area contributed by atoms with Crippen molar-refractivity contribution in [1.82, 2.24) is 0 Å². The summed E-state index contributed by atoms with van der Waals surface area (Å²) in [6, 6.07) is 19.0. The molecule has 3 heteroatoms. The van der Waals surface area contributed by atoms with Crippen LogP contribution in [0, 0.1) is 11.3 Å². The lowest BCUT2D eigenvalue weighted by Crippen LogP contribution is -2.64. The SMILES string of the molecule is O=C1CCCC(=O)C12Cc1ccccc1N1CC[C@@H](Cc3ccccc3)C[C@H]12. The van der Waals surface area contributed by atoms with Crippen LogP contribution in [0.1, 0.15) is 43.2 Å². The Morgan fingerprint density at radius 1 is 0.929 bits per heavy atom. The lowest BCUT2D eigenvalue weighted by Gasteiger charge is -2.54. The lowest BCUT2D eigenvalue weighted by molar-refractivity contribution is -0.146. The second-order valence-electron chi connectivity index (χ2n) is 8.77. The maximum absolute atomic E-state index is 13.3. The molecule has 0 amide bonds. The van der Waals surface area contributed by atoms with E-state index in [1.54, 1.807) is 0 Å². The summed E-state index contributed by atoms with van der Waals surface area (Å²) < 4.78 is 0. The maximum atomic E-state index is 13.3. The summed E-state index contributed by atoms with van der Waals surface area (Å²) >= 11 is 0. The van der Waals surface area contributed by atoms with Crippen molar-refractivity contribution >= 4 is 17.3 Å². The van der Waals surface area contributed by atoms with Crippen molar-refractivity contribution in [2.75, 3.05) is 11.4 Å². The Hall–Kier alpha value is -2.42. The first-order valence-corrected chi connectivity index (χ1v) is 10.6. The molecule has 0 N–H and O–H groups in total. The molecular weight excluding hydrogens is 346 g/mol. The Morgan fingerprint density at radius 3 is 2.43 bits per heavy atom. The van der Waals surface area contributed by atoms with Crippen LogP contribution in [0.25, 0.3) is 0 Å². The van der Waals surface area contributed by atoms with Crippen LogP contribution in [0.4, 0.5) is 5.69 Å². The lowest BCUT2D eigenvalue weighted by atomic mass is 9.59. The van der Waals surface area contributed by atoms with Crippen LogP contribution in [0.15, 0.2) is 54.6 Å². The van der Waals surface area contributed by atoms with Crippen LogP contribution in [0.3, 0.4) is 0 Å². The second-order valence-corrected chi connectivity index (χ2v) is 8.77. The van der Waals surface area contributed by atoms with Gasteiger partial charge in [-0.25, -0.2) is 0 Å². The van der Waals surface area contributed by atoms with Crippen LogP contribution < -0.4 is 4.90 Å². The van der Waals surface area contributed by atoms with Crippen LogP contribution >= 0.6 is 0 Å². The number of para-hydroxylation sites is 1. The maximum Gasteiger partial charge on any atom is 0.148 e. The number of hydrogen-bond acceptors (Lipinski definition) is 3. The molecule has 1 aliphatic carbocycles. The Morgan fingerprint density at radius 2 is 1.64 bits per heavy atom. The van der Waals surface area contributed by atoms with E-state index in [1.807, 2.05) is 6.07 Å². The molecule has 2 aromatic rings. The number of Topliss-reactive ketones (excluding diaryl/α,β-unsaturated/α-hetero) is 2. The molecule has 2 aliphatic heterocycles. The van der Waals surface area contributed by atoms with Gasteiger partial charge in [0.15, 0.2) is 0 Å². The van der Waals surface area contributed by atoms with Gasteiger partial charge in [-0.1, -0.05) is 48.5 Å². The van der Waals surface area contributed by atoms with Crippen molar-refractivity contribution < 1.29 is 9.59 Å². The molecule has 0 unspecified atom stereocenters. The molecule has 0 radical (unpaired) electrons. The largest absolute Gasteiger partial charge is 0.367 e. The Balaban J connectivity index is 1.53. The monoisotopic (exact) mass is 373 g/mol. The summed E-state index contributed by atoms with van der Waals surface area (Å²) in [6.45, 7) is 0.932. The van der Waals surface area contributed by atoms with Crippen LogP contribution in [-0.4, -0.2) is 24.2 Å². The van der Waals surface area contributed by atoms with E-state index in [2.05, 4.69) is 53.4 Å². The molecule has 0 aromatic heterocycles. The third-order valence-corrected chi connectivity index (χ3v) is 7.22. The minimum Gasteiger partial charge on any atom is -0.367 e. The number of ketones is 2. The van der Waals surface area contributed by atoms with E-state index in [9.17, 15) is 9.59 Å². The van der Waals surface area contributed by atoms with E-state index in [4.69, 9.17) is 0 Å². The number of rotatable bonds is 2. The fraction of sp³-hybridized carbons (Fsp3) is 0.440. The molecule has 2 atom stereocenters. The molecule has 3 nitrogen and oxygen atoms in total. The van der Waals surface area contributed by atoms with Gasteiger partial charge in [0.2, 0.25) is 0 Å². The van der Waals surface area contributed by atoms with E-state index in [0.717, 1.165) is 32.2 Å². The van der Waals surface area contributed by atoms with E-state index < -0.39 is 5.41 Å². The van der Waals surface area contributed by atoms with Crippen LogP contribution in [-0.2, 0) is 22.4 Å². The van der Waals surface area contributed by atoms with Crippen molar-refractivity contribution in [1.29, 1.82) is 0 Å². The fourth-order valence-electron chi connectivity index (χ4n) is 5.87. The predicted octanol–water partition coefficient (Wildman–Crippen LogP) is 4.38. The molecule has 2 aromatic carbocycles. The highest BCUT2D eigenvalue weighted by molar-refractivity contribution is 6.11. The van der Waals surface area contributed by atoms with E-state index in [-0.39, 0.29) is 17.6 Å². The molecule has 0 bridgehead atoms. The quantitative estimate of drug-likeness (QED) is 0.733. The minimum absolute atomic E-state index is 0.0187. The van der Waals surface area contributed by atoms with Crippen molar-refractivity contribution in [3.63, 3.8) is 0 Å². The minimum atomic E-state index is -0.817. The normalized spacial score (nSPS) is 26.1. The number of anilines is 1. The molecule has 144 valence electrons. The van der Waals surface area contributed by atoms with Gasteiger partial charge in [0, 0.05) is 31.1 Å². The average molecular weight is 373 g/mol. The van der Waals surface area contributed by atoms with E-state index >= 15 is 0 Å². The predicted molar refractivity (Wildman–Crippen MR) is 110 cm³/mol. The molecule has 2 fully saturated rings. The average Bonchev–Trinajstić information content (AvgIpc) is 2.72. The van der Waals surface area contributed by atoms with E-state index in [1.165, 1.54) is 16.8 Å². The number of piperidine rings is 1. The summed E-state index contributed by atoms with van der Waals surface area (Å²) in [5.74, 6) is 0.899. The summed E-state index contributed by atoms with van der Waals surface area (Å²) in [4.78, 5) is 28.9. The third-order valence-electron chi connectivity index (χ3n) is 7.22. The zero-order valence-electron chi connectivity index (χ0n) is 16.3. The van der Waals surface area contributed by atoms with Gasteiger partial charge in [0.1, 0.15) is 17.0 Å². The van der Waals surface area contributed by atoms with Crippen molar-refractivity contribution in [2.45, 2.75) is 51.0 Å². The zero-order chi connectivity index (χ0) is 19.1. The van der Waals surface area contributed by atoms with Crippen molar-refractivity contribution in [2.24, 2.45) is 11.3 Å². The molecule has 1 saturated heterocycles. The van der Waals surface area contributed by atoms with E-state index in [0.29, 0.717) is 25.2 Å².